The smallest absolute Gasteiger partial charge is 0.0983 e. The van der Waals surface area contributed by atoms with E-state index in [4.69, 9.17) is 0 Å². The van der Waals surface area contributed by atoms with Gasteiger partial charge >= 0.3 is 0 Å². The molecule has 0 saturated carbocycles. The molecule has 0 amide bonds. The Labute approximate surface area is 83.3 Å². The molecular weight excluding hydrogens is 178 g/mol. The zero-order valence-electron chi connectivity index (χ0n) is 7.90. The van der Waals surface area contributed by atoms with E-state index in [1.807, 2.05) is 17.8 Å². The van der Waals surface area contributed by atoms with E-state index < -0.39 is 0 Å². The monoisotopic (exact) mass is 191 g/mol. The van der Waals surface area contributed by atoms with Crippen molar-refractivity contribution >= 4 is 16.8 Å². The first-order chi connectivity index (χ1) is 6.27. The lowest BCUT2D eigenvalue weighted by molar-refractivity contribution is 0.749. The van der Waals surface area contributed by atoms with Crippen LogP contribution < -0.4 is 0 Å². The molecule has 1 heterocycles. The minimum absolute atomic E-state index is 0.459. The molecule has 1 nitrogen and oxygen atoms in total. The molecule has 0 N–H and O–H groups in total. The van der Waals surface area contributed by atoms with Gasteiger partial charge in [-0.1, -0.05) is 37.3 Å². The number of rotatable bonds is 1. The Balaban J connectivity index is 2.25. The molecule has 68 valence electrons. The summed E-state index contributed by atoms with van der Waals surface area (Å²) < 4.78 is 0. The van der Waals surface area contributed by atoms with Crippen LogP contribution in [0.25, 0.3) is 0 Å². The first-order valence-electron chi connectivity index (χ1n) is 4.57. The molecule has 0 bridgehead atoms. The number of nitrogens with zero attached hydrogens (tertiary/aromatic N) is 1. The zero-order valence-corrected chi connectivity index (χ0v) is 8.71. The third-order valence-electron chi connectivity index (χ3n) is 2.32. The van der Waals surface area contributed by atoms with Crippen LogP contribution in [-0.4, -0.2) is 16.3 Å². The minimum atomic E-state index is 0.459. The van der Waals surface area contributed by atoms with E-state index in [1.165, 1.54) is 10.6 Å². The van der Waals surface area contributed by atoms with Crippen molar-refractivity contribution in [3.8, 4) is 0 Å². The van der Waals surface area contributed by atoms with Gasteiger partial charge in [0.1, 0.15) is 0 Å². The van der Waals surface area contributed by atoms with Crippen LogP contribution in [0.4, 0.5) is 0 Å². The molecule has 0 fully saturated rings. The van der Waals surface area contributed by atoms with Crippen molar-refractivity contribution in [1.82, 2.24) is 0 Å². The summed E-state index contributed by atoms with van der Waals surface area (Å²) in [6, 6.07) is 10.9. The van der Waals surface area contributed by atoms with Gasteiger partial charge in [0.05, 0.1) is 11.1 Å². The highest BCUT2D eigenvalue weighted by molar-refractivity contribution is 8.15. The van der Waals surface area contributed by atoms with Crippen LogP contribution in [-0.2, 0) is 0 Å². The highest BCUT2D eigenvalue weighted by Gasteiger charge is 2.22. The van der Waals surface area contributed by atoms with Gasteiger partial charge in [-0.25, -0.2) is 0 Å². The summed E-state index contributed by atoms with van der Waals surface area (Å²) >= 11 is 1.88. The molecular formula is C11H13NS. The Morgan fingerprint density at radius 2 is 1.85 bits per heavy atom. The summed E-state index contributed by atoms with van der Waals surface area (Å²) in [6.07, 6.45) is 0. The molecule has 1 aliphatic heterocycles. The first kappa shape index (κ1) is 8.82. The fraction of sp³-hybridized carbons (Fsp3) is 0.364. The van der Waals surface area contributed by atoms with E-state index in [9.17, 15) is 0 Å². The molecule has 13 heavy (non-hydrogen) atoms. The van der Waals surface area contributed by atoms with E-state index in [0.717, 1.165) is 0 Å². The van der Waals surface area contributed by atoms with Gasteiger partial charge in [-0.2, -0.15) is 0 Å². The molecule has 2 heteroatoms. The molecule has 0 unspecified atom stereocenters. The Morgan fingerprint density at radius 3 is 2.38 bits per heavy atom. The Bertz CT molecular complexity index is 318. The van der Waals surface area contributed by atoms with E-state index in [1.54, 1.807) is 0 Å². The first-order valence-corrected chi connectivity index (χ1v) is 5.45. The average molecular weight is 191 g/mol. The molecule has 0 spiro atoms. The number of hydrogen-bond donors (Lipinski definition) is 0. The van der Waals surface area contributed by atoms with E-state index in [0.29, 0.717) is 11.3 Å². The maximum absolute atomic E-state index is 4.62. The highest BCUT2D eigenvalue weighted by atomic mass is 32.2. The summed E-state index contributed by atoms with van der Waals surface area (Å²) in [5.41, 5.74) is 1.25. The Kier molecular flexibility index (Phi) is 2.40. The lowest BCUT2D eigenvalue weighted by Crippen LogP contribution is -2.07. The van der Waals surface area contributed by atoms with Gasteiger partial charge in [0.2, 0.25) is 0 Å². The number of thioether (sulfide) groups is 1. The molecule has 2 atom stereocenters. The van der Waals surface area contributed by atoms with Crippen molar-refractivity contribution < 1.29 is 0 Å². The third kappa shape index (κ3) is 1.78. The van der Waals surface area contributed by atoms with Crippen molar-refractivity contribution in [3.05, 3.63) is 35.9 Å². The van der Waals surface area contributed by atoms with E-state index in [2.05, 4.69) is 43.1 Å². The number of aliphatic imine (C=N–C) groups is 1. The fourth-order valence-corrected chi connectivity index (χ4v) is 2.43. The molecule has 0 radical (unpaired) electrons. The summed E-state index contributed by atoms with van der Waals surface area (Å²) in [6.45, 7) is 4.41. The Hall–Kier alpha value is -0.760. The van der Waals surface area contributed by atoms with Crippen molar-refractivity contribution in [2.45, 2.75) is 25.1 Å². The topological polar surface area (TPSA) is 12.4 Å². The molecule has 1 aliphatic rings. The van der Waals surface area contributed by atoms with Crippen molar-refractivity contribution in [2.75, 3.05) is 0 Å². The van der Waals surface area contributed by atoms with E-state index in [-0.39, 0.29) is 0 Å². The molecule has 1 aromatic carbocycles. The van der Waals surface area contributed by atoms with E-state index >= 15 is 0 Å². The summed E-state index contributed by atoms with van der Waals surface area (Å²) in [7, 11) is 0. The highest BCUT2D eigenvalue weighted by Crippen LogP contribution is 2.29. The molecule has 1 aromatic rings. The van der Waals surface area contributed by atoms with Crippen LogP contribution in [0.2, 0.25) is 0 Å². The van der Waals surface area contributed by atoms with Crippen LogP contribution in [0.3, 0.4) is 0 Å². The average Bonchev–Trinajstić information content (AvgIpc) is 2.49. The summed E-state index contributed by atoms with van der Waals surface area (Å²) in [5, 5.41) is 1.82. The normalized spacial score (nSPS) is 27.4. The second-order valence-corrected chi connectivity index (χ2v) is 4.73. The molecule has 0 aliphatic carbocycles. The number of hydrogen-bond acceptors (Lipinski definition) is 2. The van der Waals surface area contributed by atoms with Crippen LogP contribution in [0.1, 0.15) is 19.4 Å². The third-order valence-corrected chi connectivity index (χ3v) is 3.65. The summed E-state index contributed by atoms with van der Waals surface area (Å²) in [5.74, 6) is 0. The second-order valence-electron chi connectivity index (χ2n) is 3.36. The molecule has 0 saturated heterocycles. The van der Waals surface area contributed by atoms with Gasteiger partial charge < -0.3 is 0 Å². The van der Waals surface area contributed by atoms with Gasteiger partial charge in [-0.15, -0.1) is 11.8 Å². The molecule has 0 aromatic heterocycles. The predicted octanol–water partition coefficient (Wildman–Crippen LogP) is 2.96. The second kappa shape index (κ2) is 3.54. The fourth-order valence-electron chi connectivity index (χ4n) is 1.32. The van der Waals surface area contributed by atoms with Gasteiger partial charge in [-0.05, 0) is 6.92 Å². The van der Waals surface area contributed by atoms with Crippen LogP contribution in [0, 0.1) is 0 Å². The molecule has 2 rings (SSSR count). The largest absolute Gasteiger partial charge is 0.274 e. The van der Waals surface area contributed by atoms with Crippen molar-refractivity contribution in [3.63, 3.8) is 0 Å². The Morgan fingerprint density at radius 1 is 1.15 bits per heavy atom. The van der Waals surface area contributed by atoms with Crippen molar-refractivity contribution in [2.24, 2.45) is 4.99 Å². The van der Waals surface area contributed by atoms with Gasteiger partial charge in [-0.3, -0.25) is 4.99 Å². The lowest BCUT2D eigenvalue weighted by Gasteiger charge is -2.03. The van der Waals surface area contributed by atoms with Gasteiger partial charge in [0.15, 0.2) is 0 Å². The quantitative estimate of drug-likeness (QED) is 0.664. The van der Waals surface area contributed by atoms with Gasteiger partial charge in [0.25, 0.3) is 0 Å². The van der Waals surface area contributed by atoms with Crippen molar-refractivity contribution in [1.29, 1.82) is 0 Å². The lowest BCUT2D eigenvalue weighted by atomic mass is 10.2. The SMILES string of the molecule is C[C@@H]1N=C(c2ccccc2)S[C@@H]1C. The van der Waals surface area contributed by atoms with Gasteiger partial charge in [0, 0.05) is 10.8 Å². The summed E-state index contributed by atoms with van der Waals surface area (Å²) in [4.78, 5) is 4.62. The maximum Gasteiger partial charge on any atom is 0.0983 e. The standard InChI is InChI=1S/C11H13NS/c1-8-9(2)13-11(12-8)10-6-4-3-5-7-10/h3-9H,1-2H3/t8-,9+/m0/s1. The number of benzene rings is 1. The minimum Gasteiger partial charge on any atom is -0.274 e. The van der Waals surface area contributed by atoms with Crippen LogP contribution >= 0.6 is 11.8 Å². The van der Waals surface area contributed by atoms with Crippen LogP contribution in [0.5, 0.6) is 0 Å². The zero-order chi connectivity index (χ0) is 9.26. The predicted molar refractivity (Wildman–Crippen MR) is 59.5 cm³/mol. The maximum atomic E-state index is 4.62. The van der Waals surface area contributed by atoms with Crippen LogP contribution in [0.15, 0.2) is 35.3 Å².